The molecule has 1 saturated heterocycles. The van der Waals surface area contributed by atoms with Crippen molar-refractivity contribution in [2.75, 3.05) is 25.4 Å². The number of hydrogen-bond donors (Lipinski definition) is 3. The van der Waals surface area contributed by atoms with Crippen LogP contribution >= 0.6 is 0 Å². The summed E-state index contributed by atoms with van der Waals surface area (Å²) in [6.07, 6.45) is 4.65. The van der Waals surface area contributed by atoms with Crippen LogP contribution in [0.25, 0.3) is 0 Å². The third-order valence-electron chi connectivity index (χ3n) is 4.79. The lowest BCUT2D eigenvalue weighted by Crippen LogP contribution is -2.55. The molecule has 1 aromatic carbocycles. The number of aromatic nitrogens is 2. The molecule has 2 aromatic rings. The molecule has 1 aromatic heterocycles. The molecule has 3 N–H and O–H groups in total. The van der Waals surface area contributed by atoms with Gasteiger partial charge in [-0.2, -0.15) is 5.10 Å². The Morgan fingerprint density at radius 2 is 1.93 bits per heavy atom. The van der Waals surface area contributed by atoms with Gasteiger partial charge in [-0.3, -0.25) is 9.48 Å². The van der Waals surface area contributed by atoms with E-state index in [4.69, 9.17) is 0 Å². The van der Waals surface area contributed by atoms with Gasteiger partial charge in [-0.1, -0.05) is 30.3 Å². The Labute approximate surface area is 159 Å². The van der Waals surface area contributed by atoms with Crippen LogP contribution in [0.3, 0.4) is 0 Å². The second kappa shape index (κ2) is 8.64. The Morgan fingerprint density at radius 3 is 2.59 bits per heavy atom. The number of amides is 1. The first-order chi connectivity index (χ1) is 13.0. The van der Waals surface area contributed by atoms with E-state index in [0.717, 1.165) is 5.56 Å². The number of sulfonamides is 1. The van der Waals surface area contributed by atoms with Gasteiger partial charge < -0.3 is 10.6 Å². The standard InChI is InChI=1S/C18H25N5O3S/c24-17(18(7-10-19-11-8-18)23-13-4-9-21-23)20-12-14-27(25,26)22-15-16-5-2-1-3-6-16/h1-6,9,13,19,22H,7-8,10-12,14-15H2,(H,20,24). The van der Waals surface area contributed by atoms with Gasteiger partial charge in [-0.05, 0) is 37.6 Å². The van der Waals surface area contributed by atoms with E-state index < -0.39 is 15.6 Å². The Hall–Kier alpha value is -2.23. The third-order valence-corrected chi connectivity index (χ3v) is 6.12. The Bertz CT molecular complexity index is 831. The Kier molecular flexibility index (Phi) is 6.25. The smallest absolute Gasteiger partial charge is 0.248 e. The number of nitrogens with zero attached hydrogens (tertiary/aromatic N) is 2. The number of hydrogen-bond acceptors (Lipinski definition) is 5. The molecule has 1 amide bonds. The van der Waals surface area contributed by atoms with Crippen molar-refractivity contribution >= 4 is 15.9 Å². The molecule has 0 unspecified atom stereocenters. The van der Waals surface area contributed by atoms with E-state index in [9.17, 15) is 13.2 Å². The lowest BCUT2D eigenvalue weighted by molar-refractivity contribution is -0.131. The van der Waals surface area contributed by atoms with E-state index in [2.05, 4.69) is 20.5 Å². The van der Waals surface area contributed by atoms with Gasteiger partial charge >= 0.3 is 0 Å². The van der Waals surface area contributed by atoms with Crippen molar-refractivity contribution in [2.24, 2.45) is 0 Å². The summed E-state index contributed by atoms with van der Waals surface area (Å²) in [6, 6.07) is 11.1. The van der Waals surface area contributed by atoms with Gasteiger partial charge in [-0.25, -0.2) is 13.1 Å². The van der Waals surface area contributed by atoms with Crippen LogP contribution < -0.4 is 15.4 Å². The topological polar surface area (TPSA) is 105 Å². The van der Waals surface area contributed by atoms with Crippen LogP contribution in [0.2, 0.25) is 0 Å². The minimum absolute atomic E-state index is 0.0550. The maximum absolute atomic E-state index is 12.9. The Balaban J connectivity index is 1.54. The van der Waals surface area contributed by atoms with Gasteiger partial charge in [0.25, 0.3) is 0 Å². The van der Waals surface area contributed by atoms with E-state index in [1.807, 2.05) is 30.3 Å². The van der Waals surface area contributed by atoms with E-state index in [-0.39, 0.29) is 24.7 Å². The molecular weight excluding hydrogens is 366 g/mol. The van der Waals surface area contributed by atoms with Crippen LogP contribution in [-0.2, 0) is 26.9 Å². The number of benzene rings is 1. The number of carbonyl (C=O) groups is 1. The number of rotatable bonds is 8. The highest BCUT2D eigenvalue weighted by molar-refractivity contribution is 7.89. The van der Waals surface area contributed by atoms with Crippen molar-refractivity contribution in [3.05, 3.63) is 54.4 Å². The molecule has 1 aliphatic rings. The average Bonchev–Trinajstić information content (AvgIpc) is 3.23. The zero-order valence-corrected chi connectivity index (χ0v) is 15.9. The van der Waals surface area contributed by atoms with E-state index in [1.54, 1.807) is 23.1 Å². The van der Waals surface area contributed by atoms with Crippen LogP contribution in [0.4, 0.5) is 0 Å². The van der Waals surface area contributed by atoms with Crippen LogP contribution in [0, 0.1) is 0 Å². The van der Waals surface area contributed by atoms with Gasteiger partial charge in [0.05, 0.1) is 5.75 Å². The van der Waals surface area contributed by atoms with Gasteiger partial charge in [0.2, 0.25) is 15.9 Å². The molecule has 8 nitrogen and oxygen atoms in total. The summed E-state index contributed by atoms with van der Waals surface area (Å²) in [5.41, 5.74) is 0.119. The molecule has 0 aliphatic carbocycles. The maximum atomic E-state index is 12.9. The maximum Gasteiger partial charge on any atom is 0.248 e. The number of piperidine rings is 1. The molecule has 0 radical (unpaired) electrons. The van der Waals surface area contributed by atoms with Crippen molar-refractivity contribution < 1.29 is 13.2 Å². The van der Waals surface area contributed by atoms with E-state index in [1.165, 1.54) is 0 Å². The Morgan fingerprint density at radius 1 is 1.19 bits per heavy atom. The second-order valence-electron chi connectivity index (χ2n) is 6.61. The van der Waals surface area contributed by atoms with Gasteiger partial charge in [-0.15, -0.1) is 0 Å². The molecule has 146 valence electrons. The quantitative estimate of drug-likeness (QED) is 0.596. The molecular formula is C18H25N5O3S. The van der Waals surface area contributed by atoms with Crippen LogP contribution in [0.5, 0.6) is 0 Å². The fourth-order valence-electron chi connectivity index (χ4n) is 3.25. The fourth-order valence-corrected chi connectivity index (χ4v) is 4.15. The lowest BCUT2D eigenvalue weighted by Gasteiger charge is -2.36. The predicted octanol–water partition coefficient (Wildman–Crippen LogP) is 0.198. The first-order valence-electron chi connectivity index (χ1n) is 9.02. The summed E-state index contributed by atoms with van der Waals surface area (Å²) in [6.45, 7) is 1.72. The molecule has 3 rings (SSSR count). The van der Waals surface area contributed by atoms with Crippen molar-refractivity contribution in [1.82, 2.24) is 25.1 Å². The normalized spacial score (nSPS) is 16.7. The summed E-state index contributed by atoms with van der Waals surface area (Å²) < 4.78 is 28.6. The zero-order chi connectivity index (χ0) is 19.2. The van der Waals surface area contributed by atoms with Gasteiger partial charge in [0.15, 0.2) is 0 Å². The molecule has 0 saturated carbocycles. The molecule has 1 fully saturated rings. The minimum Gasteiger partial charge on any atom is -0.353 e. The van der Waals surface area contributed by atoms with Crippen LogP contribution in [0.15, 0.2) is 48.8 Å². The van der Waals surface area contributed by atoms with Crippen LogP contribution in [0.1, 0.15) is 18.4 Å². The first kappa shape index (κ1) is 19.5. The van der Waals surface area contributed by atoms with Crippen molar-refractivity contribution in [2.45, 2.75) is 24.9 Å². The van der Waals surface area contributed by atoms with Gasteiger partial charge in [0, 0.05) is 25.5 Å². The fraction of sp³-hybridized carbons (Fsp3) is 0.444. The highest BCUT2D eigenvalue weighted by Crippen LogP contribution is 2.27. The summed E-state index contributed by atoms with van der Waals surface area (Å²) in [5.74, 6) is -0.357. The highest BCUT2D eigenvalue weighted by Gasteiger charge is 2.41. The number of nitrogens with one attached hydrogen (secondary N) is 3. The average molecular weight is 391 g/mol. The molecule has 2 heterocycles. The lowest BCUT2D eigenvalue weighted by atomic mass is 9.87. The molecule has 1 aliphatic heterocycles. The van der Waals surface area contributed by atoms with Crippen molar-refractivity contribution in [1.29, 1.82) is 0 Å². The van der Waals surface area contributed by atoms with Crippen molar-refractivity contribution in [3.8, 4) is 0 Å². The summed E-state index contributed by atoms with van der Waals surface area (Å²) in [4.78, 5) is 12.9. The predicted molar refractivity (Wildman–Crippen MR) is 102 cm³/mol. The summed E-state index contributed by atoms with van der Waals surface area (Å²) >= 11 is 0. The molecule has 0 atom stereocenters. The van der Waals surface area contributed by atoms with Crippen LogP contribution in [-0.4, -0.2) is 49.5 Å². The number of carbonyl (C=O) groups excluding carboxylic acids is 1. The molecule has 27 heavy (non-hydrogen) atoms. The minimum atomic E-state index is -3.48. The highest BCUT2D eigenvalue weighted by atomic mass is 32.2. The van der Waals surface area contributed by atoms with E-state index in [0.29, 0.717) is 25.9 Å². The first-order valence-corrected chi connectivity index (χ1v) is 10.7. The molecule has 9 heteroatoms. The molecule has 0 bridgehead atoms. The monoisotopic (exact) mass is 391 g/mol. The third kappa shape index (κ3) is 4.94. The molecule has 0 spiro atoms. The largest absolute Gasteiger partial charge is 0.353 e. The second-order valence-corrected chi connectivity index (χ2v) is 8.54. The van der Waals surface area contributed by atoms with Crippen molar-refractivity contribution in [3.63, 3.8) is 0 Å². The SMILES string of the molecule is O=C(NCCS(=O)(=O)NCc1ccccc1)C1(n2cccn2)CCNCC1. The van der Waals surface area contributed by atoms with E-state index >= 15 is 0 Å². The summed E-state index contributed by atoms with van der Waals surface area (Å²) in [5, 5.41) is 10.3. The zero-order valence-electron chi connectivity index (χ0n) is 15.1. The summed E-state index contributed by atoms with van der Waals surface area (Å²) in [7, 11) is -3.48. The van der Waals surface area contributed by atoms with Gasteiger partial charge in [0.1, 0.15) is 5.54 Å².